The second-order valence-electron chi connectivity index (χ2n) is 10.8. The van der Waals surface area contributed by atoms with Gasteiger partial charge in [-0.15, -0.1) is 0 Å². The van der Waals surface area contributed by atoms with Gasteiger partial charge in [0.15, 0.2) is 0 Å². The lowest BCUT2D eigenvalue weighted by Crippen LogP contribution is -2.56. The molecule has 0 bridgehead atoms. The molecule has 0 radical (unpaired) electrons. The number of carbonyl (C=O) groups is 1. The van der Waals surface area contributed by atoms with Crippen LogP contribution in [0.2, 0.25) is 0 Å². The molecule has 11 heteroatoms. The lowest BCUT2D eigenvalue weighted by Gasteiger charge is -2.39. The highest BCUT2D eigenvalue weighted by atomic mass is 32.2. The summed E-state index contributed by atoms with van der Waals surface area (Å²) < 4.78 is 46.0. The maximum atomic E-state index is 13.6. The number of aliphatic hydroxyl groups excluding tert-OH is 1. The smallest absolute Gasteiger partial charge is 0.407 e. The van der Waals surface area contributed by atoms with Crippen molar-refractivity contribution in [2.45, 2.75) is 88.0 Å². The van der Waals surface area contributed by atoms with Gasteiger partial charge in [-0.05, 0) is 54.5 Å². The fourth-order valence-corrected chi connectivity index (χ4v) is 6.64. The molecule has 1 heterocycles. The van der Waals surface area contributed by atoms with Crippen LogP contribution in [-0.2, 0) is 25.9 Å². The van der Waals surface area contributed by atoms with Gasteiger partial charge >= 0.3 is 6.09 Å². The van der Waals surface area contributed by atoms with Crippen LogP contribution in [0.5, 0.6) is 5.75 Å². The van der Waals surface area contributed by atoms with Crippen molar-refractivity contribution in [2.24, 2.45) is 5.41 Å². The first-order chi connectivity index (χ1) is 20.1. The minimum atomic E-state index is -4.08. The summed E-state index contributed by atoms with van der Waals surface area (Å²) in [5.41, 5.74) is 0.438. The number of ether oxygens (including phenoxy) is 3. The summed E-state index contributed by atoms with van der Waals surface area (Å²) in [4.78, 5) is 13.0. The number of alkyl carbamates (subject to hydrolysis) is 1. The van der Waals surface area contributed by atoms with Gasteiger partial charge in [0.2, 0.25) is 10.0 Å². The van der Waals surface area contributed by atoms with Crippen LogP contribution in [0.4, 0.5) is 4.79 Å². The molecule has 1 aliphatic heterocycles. The summed E-state index contributed by atoms with van der Waals surface area (Å²) in [6.45, 7) is 4.81. The van der Waals surface area contributed by atoms with Crippen LogP contribution in [-0.4, -0.2) is 64.2 Å². The zero-order valence-corrected chi connectivity index (χ0v) is 25.4. The third-order valence-corrected chi connectivity index (χ3v) is 9.69. The number of hydrogen-bond acceptors (Lipinski definition) is 8. The van der Waals surface area contributed by atoms with Gasteiger partial charge in [0.05, 0.1) is 49.5 Å². The zero-order chi connectivity index (χ0) is 30.6. The maximum absolute atomic E-state index is 13.6. The fraction of sp³-hybridized carbons (Fsp3) is 0.548. The minimum absolute atomic E-state index is 0.0179. The normalized spacial score (nSPS) is 17.5. The van der Waals surface area contributed by atoms with Gasteiger partial charge in [-0.25, -0.2) is 17.9 Å². The quantitative estimate of drug-likeness (QED) is 0.258. The molecular weight excluding hydrogens is 558 g/mol. The molecule has 1 amide bonds. The van der Waals surface area contributed by atoms with E-state index in [2.05, 4.69) is 16.1 Å². The predicted octanol–water partition coefficient (Wildman–Crippen LogP) is 4.33. The van der Waals surface area contributed by atoms with Gasteiger partial charge in [0.1, 0.15) is 11.9 Å². The van der Waals surface area contributed by atoms with Crippen LogP contribution in [0.15, 0.2) is 59.5 Å². The van der Waals surface area contributed by atoms with Crippen molar-refractivity contribution in [2.75, 3.05) is 20.3 Å². The van der Waals surface area contributed by atoms with E-state index in [9.17, 15) is 23.6 Å². The fourth-order valence-electron chi connectivity index (χ4n) is 5.38. The monoisotopic (exact) mass is 601 g/mol. The Labute approximate surface area is 249 Å². The predicted molar refractivity (Wildman–Crippen MR) is 158 cm³/mol. The molecule has 42 heavy (non-hydrogen) atoms. The number of carbonyl (C=O) groups excluding carboxylic acids is 1. The summed E-state index contributed by atoms with van der Waals surface area (Å²) in [7, 11) is -2.59. The van der Waals surface area contributed by atoms with Crippen LogP contribution >= 0.6 is 0 Å². The van der Waals surface area contributed by atoms with Crippen LogP contribution in [0.25, 0.3) is 0 Å². The summed E-state index contributed by atoms with van der Waals surface area (Å²) in [5, 5.41) is 24.0. The topological polar surface area (TPSA) is 147 Å². The molecule has 1 fully saturated rings. The van der Waals surface area contributed by atoms with Gasteiger partial charge in [0, 0.05) is 12.8 Å². The van der Waals surface area contributed by atoms with E-state index in [1.165, 1.54) is 19.2 Å². The number of nitriles is 1. The minimum Gasteiger partial charge on any atom is -0.497 e. The Kier molecular flexibility index (Phi) is 12.6. The van der Waals surface area contributed by atoms with Gasteiger partial charge in [0.25, 0.3) is 0 Å². The number of amides is 1. The van der Waals surface area contributed by atoms with Crippen LogP contribution in [0.1, 0.15) is 57.9 Å². The standard InChI is InChI=1S/C31H43N3O7S/c1-4-31(5-2,17-9-18-32)21-28(34-42(37,38)26-14-12-24(39-3)13-15-26)29(35)27(20-23-10-7-6-8-11-23)33-30(36)41-25-16-19-40-22-25/h6-8,10-15,25,27-29,34-35H,4-5,9,16-17,19-22H2,1-3H3,(H,33,36)/t25-,27-,28?,29+/m0/s1. The van der Waals surface area contributed by atoms with Crippen molar-refractivity contribution in [3.63, 3.8) is 0 Å². The van der Waals surface area contributed by atoms with E-state index in [1.807, 2.05) is 44.2 Å². The molecule has 1 unspecified atom stereocenters. The number of rotatable bonds is 16. The molecule has 3 rings (SSSR count). The molecule has 1 saturated heterocycles. The molecule has 230 valence electrons. The van der Waals surface area contributed by atoms with Crippen molar-refractivity contribution in [1.29, 1.82) is 5.26 Å². The number of nitrogens with one attached hydrogen (secondary N) is 2. The lowest BCUT2D eigenvalue weighted by atomic mass is 9.72. The molecule has 2 aromatic carbocycles. The van der Waals surface area contributed by atoms with Gasteiger partial charge in [-0.2, -0.15) is 5.26 Å². The first-order valence-corrected chi connectivity index (χ1v) is 15.9. The van der Waals surface area contributed by atoms with E-state index in [4.69, 9.17) is 14.2 Å². The largest absolute Gasteiger partial charge is 0.497 e. The van der Waals surface area contributed by atoms with E-state index in [-0.39, 0.29) is 23.8 Å². The number of aliphatic hydroxyl groups is 1. The number of benzene rings is 2. The van der Waals surface area contributed by atoms with Crippen molar-refractivity contribution in [3.8, 4) is 11.8 Å². The summed E-state index contributed by atoms with van der Waals surface area (Å²) in [5.74, 6) is 0.510. The molecular formula is C31H43N3O7S. The average Bonchev–Trinajstić information content (AvgIpc) is 3.51. The summed E-state index contributed by atoms with van der Waals surface area (Å²) >= 11 is 0. The number of sulfonamides is 1. The second-order valence-corrected chi connectivity index (χ2v) is 12.5. The Morgan fingerprint density at radius 2 is 1.83 bits per heavy atom. The Morgan fingerprint density at radius 1 is 1.14 bits per heavy atom. The molecule has 10 nitrogen and oxygen atoms in total. The van der Waals surface area contributed by atoms with E-state index < -0.39 is 39.7 Å². The van der Waals surface area contributed by atoms with Crippen molar-refractivity contribution in [1.82, 2.24) is 10.0 Å². The van der Waals surface area contributed by atoms with Crippen LogP contribution < -0.4 is 14.8 Å². The van der Waals surface area contributed by atoms with E-state index in [0.717, 1.165) is 5.56 Å². The van der Waals surface area contributed by atoms with Crippen molar-refractivity contribution >= 4 is 16.1 Å². The SMILES string of the molecule is CCC(CC)(CCC#N)CC(NS(=O)(=O)c1ccc(OC)cc1)[C@H](O)[C@H](Cc1ccccc1)NC(=O)O[C@H]1CCOC1. The molecule has 3 N–H and O–H groups in total. The molecule has 4 atom stereocenters. The van der Waals surface area contributed by atoms with Gasteiger partial charge < -0.3 is 24.6 Å². The van der Waals surface area contributed by atoms with Gasteiger partial charge in [-0.1, -0.05) is 57.0 Å². The molecule has 0 aromatic heterocycles. The number of hydrogen-bond donors (Lipinski definition) is 3. The molecule has 0 spiro atoms. The zero-order valence-electron chi connectivity index (χ0n) is 24.6. The van der Waals surface area contributed by atoms with E-state index in [1.54, 1.807) is 12.1 Å². The Morgan fingerprint density at radius 3 is 2.40 bits per heavy atom. The van der Waals surface area contributed by atoms with Crippen molar-refractivity contribution in [3.05, 3.63) is 60.2 Å². The van der Waals surface area contributed by atoms with Crippen molar-refractivity contribution < 1.29 is 32.5 Å². The molecule has 0 saturated carbocycles. The number of nitrogens with zero attached hydrogens (tertiary/aromatic N) is 1. The third-order valence-electron chi connectivity index (χ3n) is 8.18. The summed E-state index contributed by atoms with van der Waals surface area (Å²) in [6.07, 6.45) is 0.869. The first-order valence-electron chi connectivity index (χ1n) is 14.5. The molecule has 0 aliphatic carbocycles. The first kappa shape index (κ1) is 33.3. The Balaban J connectivity index is 1.96. The van der Waals surface area contributed by atoms with Crippen LogP contribution in [0, 0.1) is 16.7 Å². The molecule has 1 aliphatic rings. The average molecular weight is 602 g/mol. The highest BCUT2D eigenvalue weighted by Gasteiger charge is 2.39. The van der Waals surface area contributed by atoms with Crippen LogP contribution in [0.3, 0.4) is 0 Å². The maximum Gasteiger partial charge on any atom is 0.407 e. The Hall–Kier alpha value is -3.17. The third kappa shape index (κ3) is 9.42. The Bertz CT molecular complexity index is 1260. The highest BCUT2D eigenvalue weighted by molar-refractivity contribution is 7.89. The highest BCUT2D eigenvalue weighted by Crippen LogP contribution is 2.38. The summed E-state index contributed by atoms with van der Waals surface area (Å²) in [6, 6.07) is 15.7. The number of methoxy groups -OCH3 is 1. The van der Waals surface area contributed by atoms with E-state index >= 15 is 0 Å². The lowest BCUT2D eigenvalue weighted by molar-refractivity contribution is 0.0491. The van der Waals surface area contributed by atoms with E-state index in [0.29, 0.717) is 51.1 Å². The van der Waals surface area contributed by atoms with Gasteiger partial charge in [-0.3, -0.25) is 0 Å². The second kappa shape index (κ2) is 15.9. The molecule has 2 aromatic rings.